The van der Waals surface area contributed by atoms with Crippen molar-refractivity contribution in [2.24, 2.45) is 0 Å². The molecule has 4 aromatic rings. The van der Waals surface area contributed by atoms with E-state index in [-0.39, 0.29) is 5.91 Å². The van der Waals surface area contributed by atoms with Crippen LogP contribution in [-0.4, -0.2) is 28.0 Å². The van der Waals surface area contributed by atoms with Gasteiger partial charge in [0.1, 0.15) is 11.6 Å². The standard InChI is InChI=1S/C21H20N4O2S/c1-13-7-8-18(27-2)14(11-13)17-12-28-21(24-17)25-20(26)10-9-19-22-15-5-3-4-6-16(15)23-19/h3-8,11-12H,9-10H2,1-2H3,(H,22,23)(H,24,25,26). The van der Waals surface area contributed by atoms with Crippen LogP contribution in [0.1, 0.15) is 17.8 Å². The van der Waals surface area contributed by atoms with E-state index in [9.17, 15) is 4.79 Å². The summed E-state index contributed by atoms with van der Waals surface area (Å²) < 4.78 is 5.42. The third-order valence-corrected chi connectivity index (χ3v) is 5.17. The molecule has 1 amide bonds. The van der Waals surface area contributed by atoms with E-state index in [2.05, 4.69) is 20.3 Å². The zero-order valence-corrected chi connectivity index (χ0v) is 16.5. The Labute approximate surface area is 166 Å². The third kappa shape index (κ3) is 3.89. The Morgan fingerprint density at radius 3 is 2.89 bits per heavy atom. The Morgan fingerprint density at radius 2 is 2.07 bits per heavy atom. The number of nitrogens with one attached hydrogen (secondary N) is 2. The van der Waals surface area contributed by atoms with Gasteiger partial charge >= 0.3 is 0 Å². The normalized spacial score (nSPS) is 10.9. The third-order valence-electron chi connectivity index (χ3n) is 4.41. The fraction of sp³-hybridized carbons (Fsp3) is 0.190. The molecule has 142 valence electrons. The summed E-state index contributed by atoms with van der Waals surface area (Å²) in [4.78, 5) is 24.6. The van der Waals surface area contributed by atoms with Crippen LogP contribution in [-0.2, 0) is 11.2 Å². The first-order valence-corrected chi connectivity index (χ1v) is 9.84. The average Bonchev–Trinajstić information content (AvgIpc) is 3.32. The number of methoxy groups -OCH3 is 1. The Morgan fingerprint density at radius 1 is 1.21 bits per heavy atom. The zero-order valence-electron chi connectivity index (χ0n) is 15.7. The summed E-state index contributed by atoms with van der Waals surface area (Å²) in [6.45, 7) is 2.02. The van der Waals surface area contributed by atoms with Crippen molar-refractivity contribution < 1.29 is 9.53 Å². The molecule has 0 aliphatic carbocycles. The van der Waals surface area contributed by atoms with Crippen LogP contribution < -0.4 is 10.1 Å². The Bertz CT molecular complexity index is 1100. The summed E-state index contributed by atoms with van der Waals surface area (Å²) >= 11 is 1.40. The van der Waals surface area contributed by atoms with Gasteiger partial charge < -0.3 is 15.0 Å². The van der Waals surface area contributed by atoms with Crippen LogP contribution in [0, 0.1) is 6.92 Å². The number of nitrogens with zero attached hydrogens (tertiary/aromatic N) is 2. The average molecular weight is 392 g/mol. The fourth-order valence-electron chi connectivity index (χ4n) is 3.01. The van der Waals surface area contributed by atoms with E-state index in [0.717, 1.165) is 39.4 Å². The van der Waals surface area contributed by atoms with Crippen LogP contribution in [0.25, 0.3) is 22.3 Å². The topological polar surface area (TPSA) is 79.9 Å². The van der Waals surface area contributed by atoms with Gasteiger partial charge in [-0.3, -0.25) is 4.79 Å². The summed E-state index contributed by atoms with van der Waals surface area (Å²) in [5, 5.41) is 5.37. The summed E-state index contributed by atoms with van der Waals surface area (Å²) in [6, 6.07) is 13.8. The molecule has 7 heteroatoms. The molecule has 2 N–H and O–H groups in total. The number of aryl methyl sites for hydroxylation is 2. The molecule has 0 fully saturated rings. The smallest absolute Gasteiger partial charge is 0.226 e. The van der Waals surface area contributed by atoms with E-state index >= 15 is 0 Å². The second-order valence-corrected chi connectivity index (χ2v) is 7.35. The SMILES string of the molecule is COc1ccc(C)cc1-c1csc(NC(=O)CCc2nc3ccccc3[nH]2)n1. The van der Waals surface area contributed by atoms with Gasteiger partial charge in [0.2, 0.25) is 5.91 Å². The maximum absolute atomic E-state index is 12.3. The molecule has 0 radical (unpaired) electrons. The summed E-state index contributed by atoms with van der Waals surface area (Å²) in [7, 11) is 1.64. The second-order valence-electron chi connectivity index (χ2n) is 6.49. The lowest BCUT2D eigenvalue weighted by Crippen LogP contribution is -2.12. The number of imidazole rings is 1. The highest BCUT2D eigenvalue weighted by molar-refractivity contribution is 7.14. The van der Waals surface area contributed by atoms with Gasteiger partial charge in [0.25, 0.3) is 0 Å². The summed E-state index contributed by atoms with van der Waals surface area (Å²) in [6.07, 6.45) is 0.882. The number of amides is 1. The number of para-hydroxylation sites is 2. The van der Waals surface area contributed by atoms with Crippen LogP contribution >= 0.6 is 11.3 Å². The molecule has 4 rings (SSSR count). The number of ether oxygens (including phenoxy) is 1. The number of aromatic amines is 1. The Kier molecular flexibility index (Phi) is 5.08. The monoisotopic (exact) mass is 392 g/mol. The number of hydrogen-bond donors (Lipinski definition) is 2. The highest BCUT2D eigenvalue weighted by Crippen LogP contribution is 2.33. The van der Waals surface area contributed by atoms with Crippen molar-refractivity contribution in [1.82, 2.24) is 15.0 Å². The lowest BCUT2D eigenvalue weighted by molar-refractivity contribution is -0.116. The highest BCUT2D eigenvalue weighted by Gasteiger charge is 2.13. The van der Waals surface area contributed by atoms with E-state index < -0.39 is 0 Å². The molecule has 2 aromatic heterocycles. The molecule has 0 bridgehead atoms. The van der Waals surface area contributed by atoms with Crippen molar-refractivity contribution >= 4 is 33.4 Å². The molecule has 28 heavy (non-hydrogen) atoms. The first kappa shape index (κ1) is 18.2. The van der Waals surface area contributed by atoms with Gasteiger partial charge in [0.05, 0.1) is 23.8 Å². The quantitative estimate of drug-likeness (QED) is 0.503. The van der Waals surface area contributed by atoms with Crippen LogP contribution in [0.2, 0.25) is 0 Å². The van der Waals surface area contributed by atoms with Crippen LogP contribution in [0.15, 0.2) is 47.8 Å². The van der Waals surface area contributed by atoms with Crippen molar-refractivity contribution in [3.63, 3.8) is 0 Å². The van der Waals surface area contributed by atoms with Crippen molar-refractivity contribution in [2.75, 3.05) is 12.4 Å². The van der Waals surface area contributed by atoms with Crippen molar-refractivity contribution in [2.45, 2.75) is 19.8 Å². The van der Waals surface area contributed by atoms with Crippen LogP contribution in [0.4, 0.5) is 5.13 Å². The maximum Gasteiger partial charge on any atom is 0.226 e. The number of hydrogen-bond acceptors (Lipinski definition) is 5. The van der Waals surface area contributed by atoms with E-state index in [1.165, 1.54) is 11.3 Å². The minimum Gasteiger partial charge on any atom is -0.496 e. The molecule has 0 saturated heterocycles. The lowest BCUT2D eigenvalue weighted by Gasteiger charge is -2.07. The number of H-pyrrole nitrogens is 1. The van der Waals surface area contributed by atoms with Gasteiger partial charge in [-0.1, -0.05) is 23.8 Å². The highest BCUT2D eigenvalue weighted by atomic mass is 32.1. The Hall–Kier alpha value is -3.19. The molecule has 6 nitrogen and oxygen atoms in total. The number of rotatable bonds is 6. The molecular weight excluding hydrogens is 372 g/mol. The van der Waals surface area contributed by atoms with Crippen LogP contribution in [0.5, 0.6) is 5.75 Å². The van der Waals surface area contributed by atoms with Crippen LogP contribution in [0.3, 0.4) is 0 Å². The van der Waals surface area contributed by atoms with Gasteiger partial charge in [0, 0.05) is 23.8 Å². The molecule has 0 spiro atoms. The summed E-state index contributed by atoms with van der Waals surface area (Å²) in [5.41, 5.74) is 4.73. The number of fused-ring (bicyclic) bond motifs is 1. The molecule has 0 unspecified atom stereocenters. The molecule has 0 aliphatic heterocycles. The van der Waals surface area contributed by atoms with Crippen molar-refractivity contribution in [3.05, 3.63) is 59.2 Å². The minimum atomic E-state index is -0.0856. The lowest BCUT2D eigenvalue weighted by atomic mass is 10.1. The first-order valence-electron chi connectivity index (χ1n) is 8.96. The first-order chi connectivity index (χ1) is 13.6. The predicted octanol–water partition coefficient (Wildman–Crippen LogP) is 4.57. The zero-order chi connectivity index (χ0) is 19.5. The van der Waals surface area contributed by atoms with Gasteiger partial charge in [-0.25, -0.2) is 9.97 Å². The molecular formula is C21H20N4O2S. The van der Waals surface area contributed by atoms with Gasteiger partial charge in [-0.2, -0.15) is 0 Å². The maximum atomic E-state index is 12.3. The molecule has 0 saturated carbocycles. The van der Waals surface area contributed by atoms with Gasteiger partial charge in [-0.05, 0) is 31.2 Å². The fourth-order valence-corrected chi connectivity index (χ4v) is 3.74. The van der Waals surface area contributed by atoms with E-state index in [0.29, 0.717) is 18.0 Å². The van der Waals surface area contributed by atoms with Crippen molar-refractivity contribution in [1.29, 1.82) is 0 Å². The number of anilines is 1. The molecule has 0 atom stereocenters. The number of benzene rings is 2. The number of thiazole rings is 1. The minimum absolute atomic E-state index is 0.0856. The molecule has 2 aromatic carbocycles. The van der Waals surface area contributed by atoms with Crippen molar-refractivity contribution in [3.8, 4) is 17.0 Å². The molecule has 2 heterocycles. The summed E-state index contributed by atoms with van der Waals surface area (Å²) in [5.74, 6) is 1.48. The van der Waals surface area contributed by atoms with E-state index in [1.807, 2.05) is 54.8 Å². The van der Waals surface area contributed by atoms with Gasteiger partial charge in [0.15, 0.2) is 5.13 Å². The van der Waals surface area contributed by atoms with E-state index in [1.54, 1.807) is 7.11 Å². The largest absolute Gasteiger partial charge is 0.496 e. The predicted molar refractivity (Wildman–Crippen MR) is 112 cm³/mol. The Balaban J connectivity index is 1.41. The molecule has 0 aliphatic rings. The number of aromatic nitrogens is 3. The second kappa shape index (κ2) is 7.82. The van der Waals surface area contributed by atoms with E-state index in [4.69, 9.17) is 4.74 Å². The number of carbonyl (C=O) groups is 1. The van der Waals surface area contributed by atoms with Gasteiger partial charge in [-0.15, -0.1) is 11.3 Å². The number of carbonyl (C=O) groups excluding carboxylic acids is 1.